The zero-order valence-electron chi connectivity index (χ0n) is 27.6. The van der Waals surface area contributed by atoms with Crippen molar-refractivity contribution in [1.29, 1.82) is 0 Å². The number of hydrogen-bond donors (Lipinski definition) is 0. The molecule has 238 valence electrons. The van der Waals surface area contributed by atoms with Crippen molar-refractivity contribution in [2.75, 3.05) is 87.1 Å². The highest BCUT2D eigenvalue weighted by molar-refractivity contribution is 5.80. The third kappa shape index (κ3) is 15.6. The Hall–Kier alpha value is -3.34. The Kier molecular flexibility index (Phi) is 16.5. The van der Waals surface area contributed by atoms with Crippen molar-refractivity contribution < 1.29 is 9.59 Å². The molecule has 3 fully saturated rings. The lowest BCUT2D eigenvalue weighted by Crippen LogP contribution is -2.48. The molecule has 1 aromatic carbocycles. The Morgan fingerprint density at radius 2 is 1.37 bits per heavy atom. The Labute approximate surface area is 259 Å². The Bertz CT molecular complexity index is 1120. The van der Waals surface area contributed by atoms with Crippen LogP contribution in [0.2, 0.25) is 0 Å². The van der Waals surface area contributed by atoms with Crippen LogP contribution in [0.5, 0.6) is 0 Å². The van der Waals surface area contributed by atoms with Gasteiger partial charge in [-0.3, -0.25) is 29.1 Å². The fourth-order valence-corrected chi connectivity index (χ4v) is 4.54. The van der Waals surface area contributed by atoms with Gasteiger partial charge in [-0.1, -0.05) is 36.4 Å². The van der Waals surface area contributed by atoms with Crippen molar-refractivity contribution in [3.63, 3.8) is 0 Å². The molecule has 10 heteroatoms. The second-order valence-electron chi connectivity index (χ2n) is 11.7. The van der Waals surface area contributed by atoms with Gasteiger partial charge in [-0.15, -0.1) is 0 Å². The van der Waals surface area contributed by atoms with Gasteiger partial charge in [-0.2, -0.15) is 5.10 Å². The smallest absolute Gasteiger partial charge is 0.237 e. The molecule has 0 saturated carbocycles. The molecule has 0 N–H and O–H groups in total. The Morgan fingerprint density at radius 1 is 0.744 bits per heavy atom. The number of carbonyl (C=O) groups excluding carboxylic acids is 2. The van der Waals surface area contributed by atoms with Crippen LogP contribution in [0.25, 0.3) is 0 Å². The molecule has 5 heterocycles. The lowest BCUT2D eigenvalue weighted by atomic mass is 10.2. The summed E-state index contributed by atoms with van der Waals surface area (Å²) in [6.07, 6.45) is 10.6. The molecule has 6 rings (SSSR count). The van der Waals surface area contributed by atoms with E-state index in [0.717, 1.165) is 39.3 Å². The number of aryl methyl sites for hydroxylation is 2. The molecular formula is C33H54N8O2. The zero-order valence-corrected chi connectivity index (χ0v) is 27.6. The third-order valence-corrected chi connectivity index (χ3v) is 7.35. The van der Waals surface area contributed by atoms with Crippen LogP contribution in [0.1, 0.15) is 30.9 Å². The molecule has 0 unspecified atom stereocenters. The first kappa shape index (κ1) is 35.9. The highest BCUT2D eigenvalue weighted by Crippen LogP contribution is 2.08. The Balaban J connectivity index is 0.000000199. The summed E-state index contributed by atoms with van der Waals surface area (Å²) in [4.78, 5) is 36.7. The number of likely N-dealkylation sites (N-methyl/N-ethyl adjacent to an activating group) is 3. The second-order valence-corrected chi connectivity index (χ2v) is 11.7. The Morgan fingerprint density at radius 3 is 1.74 bits per heavy atom. The zero-order chi connectivity index (χ0) is 31.6. The quantitative estimate of drug-likeness (QED) is 0.532. The minimum Gasteiger partial charge on any atom is -0.343 e. The van der Waals surface area contributed by atoms with E-state index in [1.165, 1.54) is 42.6 Å². The lowest BCUT2D eigenvalue weighted by Gasteiger charge is -2.32. The van der Waals surface area contributed by atoms with Gasteiger partial charge in [0.25, 0.3) is 0 Å². The number of amides is 2. The second kappa shape index (κ2) is 19.8. The van der Waals surface area contributed by atoms with Gasteiger partial charge >= 0.3 is 0 Å². The van der Waals surface area contributed by atoms with Crippen LogP contribution >= 0.6 is 0 Å². The van der Waals surface area contributed by atoms with Crippen molar-refractivity contribution >= 4 is 18.0 Å². The summed E-state index contributed by atoms with van der Waals surface area (Å²) >= 11 is 0. The first-order valence-electron chi connectivity index (χ1n) is 15.3. The molecule has 10 nitrogen and oxygen atoms in total. The van der Waals surface area contributed by atoms with Gasteiger partial charge in [0.15, 0.2) is 0 Å². The van der Waals surface area contributed by atoms with E-state index in [1.807, 2.05) is 81.7 Å². The standard InChI is InChI=1S/C12H16N2O.C6H12N2O.C5H8N2.C5H7N.C5H11N/c1-13-7-8-14(12(15)10-13)9-11-5-3-2-4-6-11;1-7-3-4-8(2)6(9)5-7;1-5-3-6-7(2)4-5;1-5-2-3-6-4-5;1-6-4-2-3-5-6/h2-6H,7-10H2,1H3;3-5H2,1-2H3;3-4H,1-2H3;2,4H,3H2,1H3;2-5H2,1H3. The number of aliphatic imine (C=N–C) groups is 1. The normalized spacial score (nSPS) is 18.8. The maximum atomic E-state index is 11.7. The van der Waals surface area contributed by atoms with Crippen LogP contribution in [0.15, 0.2) is 59.4 Å². The van der Waals surface area contributed by atoms with Gasteiger partial charge in [0.1, 0.15) is 0 Å². The van der Waals surface area contributed by atoms with Crippen LogP contribution in [-0.2, 0) is 23.2 Å². The largest absolute Gasteiger partial charge is 0.343 e. The van der Waals surface area contributed by atoms with E-state index in [4.69, 9.17) is 0 Å². The predicted octanol–water partition coefficient (Wildman–Crippen LogP) is 2.81. The minimum absolute atomic E-state index is 0.226. The predicted molar refractivity (Wildman–Crippen MR) is 176 cm³/mol. The monoisotopic (exact) mass is 594 g/mol. The summed E-state index contributed by atoms with van der Waals surface area (Å²) in [5.41, 5.74) is 3.70. The molecule has 0 spiro atoms. The number of benzene rings is 1. The highest BCUT2D eigenvalue weighted by atomic mass is 16.2. The average Bonchev–Trinajstić information content (AvgIpc) is 3.75. The molecule has 3 saturated heterocycles. The van der Waals surface area contributed by atoms with Gasteiger partial charge in [0.05, 0.1) is 25.8 Å². The van der Waals surface area contributed by atoms with E-state index in [0.29, 0.717) is 13.1 Å². The summed E-state index contributed by atoms with van der Waals surface area (Å²) in [5, 5.41) is 3.93. The molecule has 0 radical (unpaired) electrons. The number of piperazine rings is 2. The van der Waals surface area contributed by atoms with E-state index in [9.17, 15) is 9.59 Å². The molecule has 0 aliphatic carbocycles. The van der Waals surface area contributed by atoms with Crippen molar-refractivity contribution in [3.8, 4) is 0 Å². The molecule has 4 aliphatic rings. The SMILES string of the molecule is CC1=CCN=C1.CN1CCCC1.CN1CCN(C)C(=O)C1.CN1CCN(Cc2ccccc2)C(=O)C1.Cc1cnn(C)c1. The minimum atomic E-state index is 0.226. The van der Waals surface area contributed by atoms with Crippen LogP contribution < -0.4 is 0 Å². The topological polar surface area (TPSA) is 80.5 Å². The summed E-state index contributed by atoms with van der Waals surface area (Å²) in [5.74, 6) is 0.455. The lowest BCUT2D eigenvalue weighted by molar-refractivity contribution is -0.136. The molecule has 4 aliphatic heterocycles. The van der Waals surface area contributed by atoms with Crippen LogP contribution in [-0.4, -0.2) is 139 Å². The van der Waals surface area contributed by atoms with Crippen molar-refractivity contribution in [2.45, 2.75) is 33.2 Å². The van der Waals surface area contributed by atoms with Crippen molar-refractivity contribution in [1.82, 2.24) is 34.3 Å². The summed E-state index contributed by atoms with van der Waals surface area (Å²) in [7, 11) is 9.87. The van der Waals surface area contributed by atoms with E-state index in [1.54, 1.807) is 9.58 Å². The fourth-order valence-electron chi connectivity index (χ4n) is 4.54. The van der Waals surface area contributed by atoms with E-state index >= 15 is 0 Å². The van der Waals surface area contributed by atoms with Crippen molar-refractivity contribution in [2.24, 2.45) is 12.0 Å². The molecule has 0 bridgehead atoms. The molecular weight excluding hydrogens is 540 g/mol. The highest BCUT2D eigenvalue weighted by Gasteiger charge is 2.21. The van der Waals surface area contributed by atoms with E-state index in [2.05, 4.69) is 52.1 Å². The maximum absolute atomic E-state index is 11.7. The number of nitrogens with zero attached hydrogens (tertiary/aromatic N) is 8. The number of likely N-dealkylation sites (tertiary alicyclic amines) is 1. The van der Waals surface area contributed by atoms with Crippen LogP contribution in [0.3, 0.4) is 0 Å². The van der Waals surface area contributed by atoms with Crippen LogP contribution in [0.4, 0.5) is 0 Å². The maximum Gasteiger partial charge on any atom is 0.237 e. The first-order chi connectivity index (χ1) is 20.5. The number of carbonyl (C=O) groups is 2. The first-order valence-corrected chi connectivity index (χ1v) is 15.3. The third-order valence-electron chi connectivity index (χ3n) is 7.35. The molecule has 1 aromatic heterocycles. The van der Waals surface area contributed by atoms with E-state index < -0.39 is 0 Å². The van der Waals surface area contributed by atoms with Gasteiger partial charge < -0.3 is 14.7 Å². The summed E-state index contributed by atoms with van der Waals surface area (Å²) in [6.45, 7) is 13.2. The van der Waals surface area contributed by atoms with Gasteiger partial charge in [0.2, 0.25) is 11.8 Å². The summed E-state index contributed by atoms with van der Waals surface area (Å²) < 4.78 is 1.79. The summed E-state index contributed by atoms with van der Waals surface area (Å²) in [6, 6.07) is 10.1. The number of aromatic nitrogens is 2. The number of allylic oxidation sites excluding steroid dienone is 1. The van der Waals surface area contributed by atoms with Gasteiger partial charge in [0, 0.05) is 59.2 Å². The fraction of sp³-hybridized carbons (Fsp3) is 0.576. The van der Waals surface area contributed by atoms with Gasteiger partial charge in [-0.25, -0.2) is 0 Å². The number of hydrogen-bond acceptors (Lipinski definition) is 7. The molecule has 2 amide bonds. The van der Waals surface area contributed by atoms with E-state index in [-0.39, 0.29) is 11.8 Å². The molecule has 0 atom stereocenters. The molecule has 2 aromatic rings. The molecule has 43 heavy (non-hydrogen) atoms. The average molecular weight is 595 g/mol. The van der Waals surface area contributed by atoms with Crippen LogP contribution in [0, 0.1) is 6.92 Å². The van der Waals surface area contributed by atoms with Gasteiger partial charge in [-0.05, 0) is 77.6 Å². The van der Waals surface area contributed by atoms with Crippen molar-refractivity contribution in [3.05, 3.63) is 65.5 Å². The number of rotatable bonds is 2.